The van der Waals surface area contributed by atoms with Crippen LogP contribution in [-0.4, -0.2) is 37.5 Å². The zero-order valence-electron chi connectivity index (χ0n) is 15.4. The number of nitrogens with zero attached hydrogens (tertiary/aromatic N) is 4. The normalized spacial score (nSPS) is 12.4. The lowest BCUT2D eigenvalue weighted by Crippen LogP contribution is -2.13. The molecule has 0 aliphatic rings. The van der Waals surface area contributed by atoms with Gasteiger partial charge in [-0.25, -0.2) is 22.0 Å². The van der Waals surface area contributed by atoms with Crippen LogP contribution in [0.25, 0.3) is 5.57 Å². The molecule has 3 aromatic rings. The minimum absolute atomic E-state index is 0.0159. The summed E-state index contributed by atoms with van der Waals surface area (Å²) < 4.78 is 49.7. The van der Waals surface area contributed by atoms with Crippen molar-refractivity contribution in [1.82, 2.24) is 20.6 Å². The quantitative estimate of drug-likeness (QED) is 0.465. The largest absolute Gasteiger partial charge is 0.359 e. The predicted octanol–water partition coefficient (Wildman–Crippen LogP) is 0.965. The molecule has 0 aliphatic heterocycles. The highest BCUT2D eigenvalue weighted by Crippen LogP contribution is 2.30. The highest BCUT2D eigenvalue weighted by molar-refractivity contribution is 7.91. The molecular formula is C17H15N7O4S2. The number of hydrogen-bond donors (Lipinski definition) is 3. The Morgan fingerprint density at radius 1 is 1.13 bits per heavy atom. The smallest absolute Gasteiger partial charge is 0.238 e. The molecule has 2 aromatic carbocycles. The maximum atomic E-state index is 13.1. The third-order valence-electron chi connectivity index (χ3n) is 3.98. The van der Waals surface area contributed by atoms with Crippen molar-refractivity contribution in [3.63, 3.8) is 0 Å². The van der Waals surface area contributed by atoms with E-state index in [0.29, 0.717) is 0 Å². The Labute approximate surface area is 172 Å². The van der Waals surface area contributed by atoms with E-state index in [0.717, 1.165) is 30.0 Å². The Hall–Kier alpha value is -3.60. The molecule has 0 unspecified atom stereocenters. The van der Waals surface area contributed by atoms with E-state index in [9.17, 15) is 22.1 Å². The van der Waals surface area contributed by atoms with E-state index >= 15 is 0 Å². The second-order valence-electron chi connectivity index (χ2n) is 6.07. The predicted molar refractivity (Wildman–Crippen MR) is 106 cm³/mol. The molecular weight excluding hydrogens is 430 g/mol. The van der Waals surface area contributed by atoms with Gasteiger partial charge in [0.25, 0.3) is 0 Å². The second kappa shape index (κ2) is 8.03. The van der Waals surface area contributed by atoms with Crippen LogP contribution in [0, 0.1) is 18.3 Å². The molecule has 11 nitrogen and oxygen atoms in total. The van der Waals surface area contributed by atoms with Crippen molar-refractivity contribution in [3.8, 4) is 6.07 Å². The van der Waals surface area contributed by atoms with Gasteiger partial charge in [-0.05, 0) is 42.5 Å². The minimum atomic E-state index is -4.11. The molecule has 0 bridgehead atoms. The van der Waals surface area contributed by atoms with E-state index in [1.165, 1.54) is 12.1 Å². The van der Waals surface area contributed by atoms with Crippen LogP contribution < -0.4 is 10.5 Å². The first-order chi connectivity index (χ1) is 14.1. The Morgan fingerprint density at radius 2 is 1.80 bits per heavy atom. The first-order valence-electron chi connectivity index (χ1n) is 8.22. The molecule has 4 N–H and O–H groups in total. The summed E-state index contributed by atoms with van der Waals surface area (Å²) in [6.45, 7) is 1.82. The molecule has 0 amide bonds. The highest BCUT2D eigenvalue weighted by atomic mass is 32.2. The fraction of sp³-hybridized carbons (Fsp3) is 0.0588. The van der Waals surface area contributed by atoms with Gasteiger partial charge >= 0.3 is 0 Å². The Morgan fingerprint density at radius 3 is 2.37 bits per heavy atom. The summed E-state index contributed by atoms with van der Waals surface area (Å²) in [5.41, 5.74) is 0.709. The van der Waals surface area contributed by atoms with E-state index in [-0.39, 0.29) is 31.8 Å². The number of nitrogens with one attached hydrogen (secondary N) is 2. The van der Waals surface area contributed by atoms with Gasteiger partial charge in [0.15, 0.2) is 0 Å². The lowest BCUT2D eigenvalue weighted by Gasteiger charge is -2.12. The van der Waals surface area contributed by atoms with Gasteiger partial charge in [-0.1, -0.05) is 17.7 Å². The molecule has 13 heteroatoms. The van der Waals surface area contributed by atoms with E-state index in [2.05, 4.69) is 25.9 Å². The van der Waals surface area contributed by atoms with Crippen LogP contribution in [0.3, 0.4) is 0 Å². The second-order valence-corrected chi connectivity index (χ2v) is 9.55. The summed E-state index contributed by atoms with van der Waals surface area (Å²) in [6.07, 6.45) is 1.14. The summed E-state index contributed by atoms with van der Waals surface area (Å²) >= 11 is 0. The zero-order valence-corrected chi connectivity index (χ0v) is 17.1. The Kier molecular flexibility index (Phi) is 5.65. The van der Waals surface area contributed by atoms with Gasteiger partial charge in [0.2, 0.25) is 25.7 Å². The molecule has 0 fully saturated rings. The average molecular weight is 445 g/mol. The number of sulfonamides is 1. The lowest BCUT2D eigenvalue weighted by molar-refractivity contribution is 0.593. The number of aromatic amines is 1. The molecule has 0 spiro atoms. The van der Waals surface area contributed by atoms with Gasteiger partial charge < -0.3 is 5.32 Å². The fourth-order valence-corrected chi connectivity index (χ4v) is 4.39. The van der Waals surface area contributed by atoms with Crippen LogP contribution in [0.15, 0.2) is 63.4 Å². The Bertz CT molecular complexity index is 1360. The number of anilines is 1. The molecule has 154 valence electrons. The number of sulfone groups is 1. The van der Waals surface area contributed by atoms with E-state index in [1.54, 1.807) is 12.1 Å². The standard InChI is InChI=1S/C17H15N7O4S2/c1-11-2-4-13(5-3-11)29(25,26)16-7-6-14(30(19,27)28)8-15(16)20-10-12(9-18)17-21-23-24-22-17/h2-8,10,20H,1H3,(H2,19,27,28)(H,21,22,23,24). The third-order valence-corrected chi connectivity index (χ3v) is 6.72. The number of aryl methyl sites for hydroxylation is 1. The van der Waals surface area contributed by atoms with Crippen molar-refractivity contribution >= 4 is 31.1 Å². The molecule has 0 saturated heterocycles. The number of aromatic nitrogens is 4. The summed E-state index contributed by atoms with van der Waals surface area (Å²) in [7, 11) is -8.12. The lowest BCUT2D eigenvalue weighted by atomic mass is 10.2. The van der Waals surface area contributed by atoms with Gasteiger partial charge in [0.1, 0.15) is 11.6 Å². The average Bonchev–Trinajstić information content (AvgIpc) is 3.22. The fourth-order valence-electron chi connectivity index (χ4n) is 2.45. The van der Waals surface area contributed by atoms with E-state index in [4.69, 9.17) is 5.14 Å². The molecule has 1 heterocycles. The van der Waals surface area contributed by atoms with Crippen LogP contribution >= 0.6 is 0 Å². The van der Waals surface area contributed by atoms with Crippen molar-refractivity contribution < 1.29 is 16.8 Å². The van der Waals surface area contributed by atoms with Crippen LogP contribution in [0.4, 0.5) is 5.69 Å². The molecule has 0 atom stereocenters. The van der Waals surface area contributed by atoms with Gasteiger partial charge in [0.05, 0.1) is 20.4 Å². The van der Waals surface area contributed by atoms with Crippen LogP contribution in [0.5, 0.6) is 0 Å². The summed E-state index contributed by atoms with van der Waals surface area (Å²) in [6, 6.07) is 11.3. The van der Waals surface area contributed by atoms with Gasteiger partial charge in [-0.15, -0.1) is 10.2 Å². The number of allylic oxidation sites excluding steroid dienone is 1. The molecule has 1 aromatic heterocycles. The number of nitrogens with two attached hydrogens (primary N) is 1. The number of H-pyrrole nitrogens is 1. The molecule has 3 rings (SSSR count). The van der Waals surface area contributed by atoms with Crippen molar-refractivity contribution in [3.05, 3.63) is 60.1 Å². The number of tetrazole rings is 1. The first-order valence-corrected chi connectivity index (χ1v) is 11.2. The SMILES string of the molecule is Cc1ccc(S(=O)(=O)c2ccc(S(N)(=O)=O)cc2NC=C(C#N)c2nn[nH]n2)cc1. The maximum absolute atomic E-state index is 13.1. The van der Waals surface area contributed by atoms with Crippen molar-refractivity contribution in [2.24, 2.45) is 5.14 Å². The van der Waals surface area contributed by atoms with Crippen LogP contribution in [-0.2, 0) is 19.9 Å². The molecule has 0 aliphatic carbocycles. The monoisotopic (exact) mass is 445 g/mol. The first kappa shape index (κ1) is 21.1. The maximum Gasteiger partial charge on any atom is 0.238 e. The number of nitriles is 1. The van der Waals surface area contributed by atoms with Crippen molar-refractivity contribution in [2.45, 2.75) is 21.6 Å². The molecule has 0 radical (unpaired) electrons. The van der Waals surface area contributed by atoms with Gasteiger partial charge in [-0.2, -0.15) is 10.5 Å². The van der Waals surface area contributed by atoms with Crippen LogP contribution in [0.2, 0.25) is 0 Å². The number of hydrogen-bond acceptors (Lipinski definition) is 9. The summed E-state index contributed by atoms with van der Waals surface area (Å²) in [5.74, 6) is -0.0319. The zero-order chi connectivity index (χ0) is 21.9. The molecule has 0 saturated carbocycles. The summed E-state index contributed by atoms with van der Waals surface area (Å²) in [5, 5.41) is 30.0. The topological polar surface area (TPSA) is 185 Å². The number of rotatable bonds is 6. The van der Waals surface area contributed by atoms with E-state index < -0.39 is 19.9 Å². The Balaban J connectivity index is 2.14. The third kappa shape index (κ3) is 4.35. The van der Waals surface area contributed by atoms with Gasteiger partial charge in [-0.3, -0.25) is 0 Å². The summed E-state index contributed by atoms with van der Waals surface area (Å²) in [4.78, 5) is -0.498. The van der Waals surface area contributed by atoms with E-state index in [1.807, 2.05) is 13.0 Å². The van der Waals surface area contributed by atoms with Gasteiger partial charge in [0, 0.05) is 6.20 Å². The van der Waals surface area contributed by atoms with Crippen molar-refractivity contribution in [1.29, 1.82) is 5.26 Å². The minimum Gasteiger partial charge on any atom is -0.359 e. The number of benzene rings is 2. The number of primary sulfonamides is 1. The molecule has 30 heavy (non-hydrogen) atoms. The van der Waals surface area contributed by atoms with Crippen molar-refractivity contribution in [2.75, 3.05) is 5.32 Å². The highest BCUT2D eigenvalue weighted by Gasteiger charge is 2.23. The van der Waals surface area contributed by atoms with Crippen LogP contribution in [0.1, 0.15) is 11.4 Å².